The van der Waals surface area contributed by atoms with Crippen molar-refractivity contribution in [3.8, 4) is 12.3 Å². The van der Waals surface area contributed by atoms with E-state index in [-0.39, 0.29) is 95.4 Å². The number of sulfone groups is 3. The zero-order valence-corrected chi connectivity index (χ0v) is 79.8. The first kappa shape index (κ1) is 110. The summed E-state index contributed by atoms with van der Waals surface area (Å²) < 4.78 is 202. The molecule has 3 heterocycles. The molecule has 0 spiro atoms. The number of aliphatic hydroxyl groups is 3. The molecule has 30 nitrogen and oxygen atoms in total. The second-order valence-electron chi connectivity index (χ2n) is 35.1. The minimum Gasteiger partial charge on any atom is -0.390 e. The van der Waals surface area contributed by atoms with Crippen molar-refractivity contribution in [1.82, 2.24) is 61.2 Å². The van der Waals surface area contributed by atoms with Crippen LogP contribution >= 0.6 is 0 Å². The van der Waals surface area contributed by atoms with Crippen LogP contribution in [0.3, 0.4) is 0 Å². The summed E-state index contributed by atoms with van der Waals surface area (Å²) in [5, 5.41) is 60.7. The largest absolute Gasteiger partial charge is 0.416 e. The molecule has 3 aromatic heterocycles. The molecule has 11 rings (SSSR count). The standard InChI is InChI=1S/C33H43F2N5O5S.C33H39F2N5O5S.C30H36F5N5O5S/c2*1-4-6-12-46(44,45)20-29(37-31(42)28-13-21(3)38-39-28)32(43)40(33(10-11-33)24-9-7-8-22(5-2)14-24)19-30(41)27(36)17-23-15-25(34)18-26(35)16-23;1-3-4-8-46(44,45)17-26(37-28(42)25-9-18(2)38-39-25)29(43)40(15-19-6-5-7-21(10-19)30(33,34)35)16-27(41)24(36)13-20-11-22(31)14-23(32)12-20/h7-9,13-16,18,27,29-30,41H,4-6,10-12,17,19-20,36H2,1-3H3,(H,37,42)(H,38,39);2,7-9,13-16,18,27,29-30,41H,4,6,10-12,17,19-20,36H2,1,3H3,(H,37,42)(H,38,39);5-7,9-12,14,24,26-27,41H,3-4,8,13,15-17,36H2,1-2H3,(H,37,42)(H,38,39)/t2*27-,29+,30+;24-,26+,27+/m000/s1. The first-order chi connectivity index (χ1) is 65.0. The van der Waals surface area contributed by atoms with Crippen molar-refractivity contribution in [3.05, 3.63) is 265 Å². The summed E-state index contributed by atoms with van der Waals surface area (Å²) >= 11 is 0. The highest BCUT2D eigenvalue weighted by Crippen LogP contribution is 2.53. The summed E-state index contributed by atoms with van der Waals surface area (Å²) in [4.78, 5) is 86.1. The van der Waals surface area contributed by atoms with Crippen LogP contribution in [0.1, 0.15) is 191 Å². The molecule has 2 aliphatic carbocycles. The molecule has 0 radical (unpaired) electrons. The zero-order valence-electron chi connectivity index (χ0n) is 77.4. The first-order valence-electron chi connectivity index (χ1n) is 45.0. The van der Waals surface area contributed by atoms with Gasteiger partial charge in [0, 0.05) is 85.1 Å². The Kier molecular flexibility index (Phi) is 38.8. The van der Waals surface area contributed by atoms with E-state index in [0.717, 1.165) is 89.2 Å². The molecular weight excluding hydrogens is 1870 g/mol. The zero-order chi connectivity index (χ0) is 102. The summed E-state index contributed by atoms with van der Waals surface area (Å²) in [5.74, 6) is -9.99. The normalized spacial score (nSPS) is 15.3. The molecule has 138 heavy (non-hydrogen) atoms. The number of H-pyrrole nitrogens is 3. The van der Waals surface area contributed by atoms with Gasteiger partial charge >= 0.3 is 6.18 Å². The Morgan fingerprint density at radius 1 is 0.449 bits per heavy atom. The second kappa shape index (κ2) is 48.7. The third kappa shape index (κ3) is 31.9. The summed E-state index contributed by atoms with van der Waals surface area (Å²) in [7, 11) is -11.5. The number of nitrogens with two attached hydrogens (primary N) is 3. The van der Waals surface area contributed by atoms with Crippen LogP contribution in [0.5, 0.6) is 0 Å². The van der Waals surface area contributed by atoms with Gasteiger partial charge in [0.15, 0.2) is 29.5 Å². The number of carbonyl (C=O) groups is 6. The number of hydrogen-bond acceptors (Lipinski definition) is 21. The van der Waals surface area contributed by atoms with E-state index in [9.17, 15) is 109 Å². The molecule has 6 amide bonds. The van der Waals surface area contributed by atoms with Crippen LogP contribution in [-0.4, -0.2) is 230 Å². The van der Waals surface area contributed by atoms with Crippen LogP contribution < -0.4 is 33.2 Å². The molecule has 42 heteroatoms. The Labute approximate surface area is 795 Å². The minimum absolute atomic E-state index is 0.00558. The number of rotatable bonds is 46. The predicted octanol–water partition coefficient (Wildman–Crippen LogP) is 9.35. The number of nitrogens with one attached hydrogen (secondary N) is 6. The minimum atomic E-state index is -4.71. The van der Waals surface area contributed by atoms with Crippen LogP contribution in [0.2, 0.25) is 0 Å². The number of alkyl halides is 3. The lowest BCUT2D eigenvalue weighted by atomic mass is 9.96. The van der Waals surface area contributed by atoms with E-state index < -0.39 is 208 Å². The lowest BCUT2D eigenvalue weighted by Gasteiger charge is -2.38. The number of aromatic amines is 3. The summed E-state index contributed by atoms with van der Waals surface area (Å²) in [6.07, 6.45) is 1.67. The predicted molar refractivity (Wildman–Crippen MR) is 499 cm³/mol. The highest BCUT2D eigenvalue weighted by atomic mass is 32.2. The van der Waals surface area contributed by atoms with Gasteiger partial charge in [-0.3, -0.25) is 44.1 Å². The van der Waals surface area contributed by atoms with Crippen molar-refractivity contribution >= 4 is 65.0 Å². The number of aromatic nitrogens is 6. The van der Waals surface area contributed by atoms with Crippen LogP contribution in [0.25, 0.3) is 0 Å². The highest BCUT2D eigenvalue weighted by Gasteiger charge is 2.56. The highest BCUT2D eigenvalue weighted by molar-refractivity contribution is 7.92. The van der Waals surface area contributed by atoms with Gasteiger partial charge < -0.3 is 63.2 Å². The van der Waals surface area contributed by atoms with Crippen molar-refractivity contribution in [2.45, 2.75) is 217 Å². The van der Waals surface area contributed by atoms with E-state index in [0.29, 0.717) is 92.1 Å². The maximum Gasteiger partial charge on any atom is 0.416 e. The van der Waals surface area contributed by atoms with Gasteiger partial charge in [-0.05, 0) is 209 Å². The number of carbonyl (C=O) groups excluding carboxylic acids is 6. The van der Waals surface area contributed by atoms with E-state index in [2.05, 4.69) is 52.5 Å². The third-order valence-electron chi connectivity index (χ3n) is 23.5. The summed E-state index contributed by atoms with van der Waals surface area (Å²) in [6, 6.07) is 23.6. The fraction of sp³-hybridized carbons (Fsp3) is 0.448. The van der Waals surface area contributed by atoms with Gasteiger partial charge in [-0.15, -0.1) is 6.42 Å². The molecule has 9 aromatic rings. The molecule has 6 aromatic carbocycles. The number of hydrogen-bond donors (Lipinski definition) is 12. The fourth-order valence-electron chi connectivity index (χ4n) is 15.8. The van der Waals surface area contributed by atoms with Crippen molar-refractivity contribution < 1.29 is 109 Å². The topological polar surface area (TPSA) is 475 Å². The molecule has 748 valence electrons. The van der Waals surface area contributed by atoms with Crippen molar-refractivity contribution in [3.63, 3.8) is 0 Å². The fourth-order valence-corrected chi connectivity index (χ4v) is 20.7. The summed E-state index contributed by atoms with van der Waals surface area (Å²) in [6.45, 7) is 10.6. The quantitative estimate of drug-likeness (QED) is 0.0125. The molecule has 2 saturated carbocycles. The average Bonchev–Trinajstić information content (AvgIpc) is 1.58. The Bertz CT molecular complexity index is 6070. The lowest BCUT2D eigenvalue weighted by Crippen LogP contribution is -2.58. The molecule has 2 fully saturated rings. The Morgan fingerprint density at radius 2 is 0.775 bits per heavy atom. The maximum atomic E-state index is 14.6. The molecule has 0 saturated heterocycles. The smallest absolute Gasteiger partial charge is 0.390 e. The molecule has 15 N–H and O–H groups in total. The van der Waals surface area contributed by atoms with Gasteiger partial charge in [0.2, 0.25) is 17.7 Å². The SMILES string of the molecule is C#Cc1cccc(C2(N(C[C@@H](O)[C@@H](N)Cc3cc(F)cc(F)c3)C(=O)[C@@H](CS(=O)(=O)CCCC)NC(=O)c3cc(C)[nH]n3)CC2)c1.CCCCS(=O)(=O)C[C@@H](NC(=O)c1cc(C)[nH]n1)C(=O)N(C[C@@H](O)[C@@H](N)Cc1cc(F)cc(F)c1)C1(c2cccc(CC)c2)CC1.CCCCS(=O)(=O)C[C@@H](NC(=O)c1cc(C)[nH]n1)C(=O)N(Cc1cccc(C(F)(F)F)c1)C[C@@H](O)[C@@H](N)Cc1cc(F)cc(F)c1. The average molecular weight is 1990 g/mol. The molecular formula is C96H118F9N15O15S3. The molecule has 0 aliphatic heterocycles. The first-order valence-corrected chi connectivity index (χ1v) is 50.5. The number of benzene rings is 6. The van der Waals surface area contributed by atoms with Crippen LogP contribution in [-0.2, 0) is 93.4 Å². The third-order valence-corrected chi connectivity index (χ3v) is 28.8. The van der Waals surface area contributed by atoms with Gasteiger partial charge in [-0.1, -0.05) is 101 Å². The number of amides is 6. The van der Waals surface area contributed by atoms with E-state index in [1.165, 1.54) is 34.1 Å². The van der Waals surface area contributed by atoms with Crippen LogP contribution in [0, 0.1) is 68.0 Å². The van der Waals surface area contributed by atoms with Crippen LogP contribution in [0.4, 0.5) is 39.5 Å². The molecule has 0 bridgehead atoms. The van der Waals surface area contributed by atoms with Crippen molar-refractivity contribution in [1.29, 1.82) is 0 Å². The van der Waals surface area contributed by atoms with E-state index in [1.807, 2.05) is 45.0 Å². The van der Waals surface area contributed by atoms with Gasteiger partial charge in [-0.2, -0.15) is 28.5 Å². The number of unbranched alkanes of at least 4 members (excludes halogenated alkanes) is 3. The van der Waals surface area contributed by atoms with Crippen LogP contribution in [0.15, 0.2) is 146 Å². The maximum absolute atomic E-state index is 14.6. The number of aryl methyl sites for hydroxylation is 4. The molecule has 0 unspecified atom stereocenters. The van der Waals surface area contributed by atoms with Gasteiger partial charge in [0.1, 0.15) is 70.1 Å². The number of aliphatic hydroxyl groups excluding tert-OH is 3. The van der Waals surface area contributed by atoms with Crippen molar-refractivity contribution in [2.24, 2.45) is 17.2 Å². The summed E-state index contributed by atoms with van der Waals surface area (Å²) in [5.41, 5.74) is 21.0. The second-order valence-corrected chi connectivity index (χ2v) is 41.8. The van der Waals surface area contributed by atoms with Gasteiger partial charge in [-0.25, -0.2) is 51.6 Å². The van der Waals surface area contributed by atoms with E-state index in [4.69, 9.17) is 23.6 Å². The van der Waals surface area contributed by atoms with Gasteiger partial charge in [0.05, 0.1) is 69.5 Å². The number of halogens is 9. The number of nitrogens with zero attached hydrogens (tertiary/aromatic N) is 6. The van der Waals surface area contributed by atoms with E-state index in [1.54, 1.807) is 52.0 Å². The Balaban J connectivity index is 0.000000232. The van der Waals surface area contributed by atoms with E-state index >= 15 is 0 Å². The van der Waals surface area contributed by atoms with Gasteiger partial charge in [0.25, 0.3) is 17.7 Å². The monoisotopic (exact) mass is 1990 g/mol. The lowest BCUT2D eigenvalue weighted by molar-refractivity contribution is -0.139. The molecule has 2 aliphatic rings. The Morgan fingerprint density at radius 3 is 1.09 bits per heavy atom. The molecule has 9 atom stereocenters. The Hall–Kier alpha value is -11.7. The number of terminal acetylenes is 1. The van der Waals surface area contributed by atoms with Crippen molar-refractivity contribution in [2.75, 3.05) is 54.2 Å².